The van der Waals surface area contributed by atoms with Crippen LogP contribution in [0.4, 0.5) is 0 Å². The van der Waals surface area contributed by atoms with Gasteiger partial charge in [-0.15, -0.1) is 0 Å². The summed E-state index contributed by atoms with van der Waals surface area (Å²) in [7, 11) is 0. The van der Waals surface area contributed by atoms with Crippen LogP contribution in [0.3, 0.4) is 0 Å². The lowest BCUT2D eigenvalue weighted by atomic mass is 10.00. The Morgan fingerprint density at radius 3 is 2.58 bits per heavy atom. The van der Waals surface area contributed by atoms with Crippen molar-refractivity contribution in [2.24, 2.45) is 11.7 Å². The van der Waals surface area contributed by atoms with Crippen LogP contribution in [-0.4, -0.2) is 28.9 Å². The lowest BCUT2D eigenvalue weighted by molar-refractivity contribution is -0.119. The van der Waals surface area contributed by atoms with Crippen LogP contribution >= 0.6 is 0 Å². The SMILES string of the molecule is CC(C)(CC(N)=O)NC(=O)c1ccc(C2CC2)c(OCC2CC2)n1. The number of rotatable bonds is 8. The molecule has 3 rings (SSSR count). The van der Waals surface area contributed by atoms with Crippen LogP contribution < -0.4 is 15.8 Å². The first kappa shape index (κ1) is 16.7. The lowest BCUT2D eigenvalue weighted by Gasteiger charge is -2.24. The van der Waals surface area contributed by atoms with Crippen molar-refractivity contribution in [1.82, 2.24) is 10.3 Å². The van der Waals surface area contributed by atoms with Crippen molar-refractivity contribution in [2.75, 3.05) is 6.61 Å². The Morgan fingerprint density at radius 1 is 1.29 bits per heavy atom. The van der Waals surface area contributed by atoms with Crippen molar-refractivity contribution in [1.29, 1.82) is 0 Å². The molecule has 0 aromatic carbocycles. The normalized spacial score (nSPS) is 17.4. The van der Waals surface area contributed by atoms with Crippen LogP contribution in [0, 0.1) is 5.92 Å². The van der Waals surface area contributed by atoms with Gasteiger partial charge in [0.1, 0.15) is 5.69 Å². The van der Waals surface area contributed by atoms with E-state index in [4.69, 9.17) is 10.5 Å². The molecule has 0 saturated heterocycles. The minimum atomic E-state index is -0.713. The van der Waals surface area contributed by atoms with Crippen LogP contribution in [0.2, 0.25) is 0 Å². The van der Waals surface area contributed by atoms with Gasteiger partial charge in [-0.2, -0.15) is 0 Å². The quantitative estimate of drug-likeness (QED) is 0.763. The van der Waals surface area contributed by atoms with Gasteiger partial charge in [-0.3, -0.25) is 9.59 Å². The molecule has 130 valence electrons. The third kappa shape index (κ3) is 4.46. The Morgan fingerprint density at radius 2 is 2.00 bits per heavy atom. The number of nitrogens with zero attached hydrogens (tertiary/aromatic N) is 1. The Balaban J connectivity index is 1.73. The molecule has 2 aliphatic carbocycles. The zero-order chi connectivity index (χ0) is 17.3. The smallest absolute Gasteiger partial charge is 0.270 e. The van der Waals surface area contributed by atoms with Gasteiger partial charge in [0.05, 0.1) is 6.61 Å². The van der Waals surface area contributed by atoms with Crippen LogP contribution in [0.25, 0.3) is 0 Å². The third-order valence-electron chi connectivity index (χ3n) is 4.36. The zero-order valence-corrected chi connectivity index (χ0v) is 14.3. The predicted octanol–water partition coefficient (Wildman–Crippen LogP) is 2.13. The van der Waals surface area contributed by atoms with E-state index in [1.165, 1.54) is 12.8 Å². The Bertz CT molecular complexity index is 649. The monoisotopic (exact) mass is 331 g/mol. The molecule has 0 spiro atoms. The van der Waals surface area contributed by atoms with Gasteiger partial charge in [0.25, 0.3) is 5.91 Å². The first-order chi connectivity index (χ1) is 11.3. The number of nitrogens with two attached hydrogens (primary N) is 1. The topological polar surface area (TPSA) is 94.3 Å². The lowest BCUT2D eigenvalue weighted by Crippen LogP contribution is -2.46. The molecule has 6 heteroatoms. The van der Waals surface area contributed by atoms with Gasteiger partial charge in [0, 0.05) is 17.5 Å². The summed E-state index contributed by atoms with van der Waals surface area (Å²) in [4.78, 5) is 28.0. The first-order valence-electron chi connectivity index (χ1n) is 8.58. The van der Waals surface area contributed by atoms with E-state index >= 15 is 0 Å². The van der Waals surface area contributed by atoms with E-state index in [-0.39, 0.29) is 12.3 Å². The average Bonchev–Trinajstić information content (AvgIpc) is 3.36. The predicted molar refractivity (Wildman–Crippen MR) is 89.8 cm³/mol. The summed E-state index contributed by atoms with van der Waals surface area (Å²) in [5.41, 5.74) is 5.92. The first-order valence-corrected chi connectivity index (χ1v) is 8.58. The fraction of sp³-hybridized carbons (Fsp3) is 0.611. The molecular formula is C18H25N3O3. The number of hydrogen-bond acceptors (Lipinski definition) is 4. The molecule has 24 heavy (non-hydrogen) atoms. The van der Waals surface area contributed by atoms with E-state index in [1.54, 1.807) is 19.9 Å². The van der Waals surface area contributed by atoms with Gasteiger partial charge in [-0.1, -0.05) is 6.07 Å². The molecule has 2 saturated carbocycles. The second kappa shape index (κ2) is 6.42. The van der Waals surface area contributed by atoms with E-state index in [0.29, 0.717) is 30.0 Å². The largest absolute Gasteiger partial charge is 0.477 e. The Labute approximate surface area is 142 Å². The summed E-state index contributed by atoms with van der Waals surface area (Å²) < 4.78 is 5.88. The van der Waals surface area contributed by atoms with Crippen molar-refractivity contribution < 1.29 is 14.3 Å². The van der Waals surface area contributed by atoms with Gasteiger partial charge >= 0.3 is 0 Å². The van der Waals surface area contributed by atoms with Gasteiger partial charge in [-0.25, -0.2) is 4.98 Å². The van der Waals surface area contributed by atoms with Crippen molar-refractivity contribution in [3.8, 4) is 5.88 Å². The highest BCUT2D eigenvalue weighted by atomic mass is 16.5. The van der Waals surface area contributed by atoms with Crippen molar-refractivity contribution >= 4 is 11.8 Å². The number of nitrogens with one attached hydrogen (secondary N) is 1. The second-order valence-electron chi connectivity index (χ2n) is 7.60. The molecule has 0 unspecified atom stereocenters. The molecule has 0 radical (unpaired) electrons. The van der Waals surface area contributed by atoms with Crippen molar-refractivity contribution in [2.45, 2.75) is 57.4 Å². The minimum absolute atomic E-state index is 0.0733. The standard InChI is InChI=1S/C18H25N3O3/c1-18(2,9-15(19)22)21-16(23)14-8-7-13(12-5-6-12)17(20-14)24-10-11-3-4-11/h7-8,11-12H,3-6,9-10H2,1-2H3,(H2,19,22)(H,21,23). The van der Waals surface area contributed by atoms with Gasteiger partial charge in [0.2, 0.25) is 11.8 Å². The molecular weight excluding hydrogens is 306 g/mol. The molecule has 1 heterocycles. The molecule has 2 aliphatic rings. The molecule has 3 N–H and O–H groups in total. The second-order valence-corrected chi connectivity index (χ2v) is 7.60. The highest BCUT2D eigenvalue weighted by Gasteiger charge is 2.30. The maximum atomic E-state index is 12.5. The zero-order valence-electron chi connectivity index (χ0n) is 14.3. The molecule has 1 aromatic heterocycles. The number of primary amides is 1. The van der Waals surface area contributed by atoms with E-state index in [9.17, 15) is 9.59 Å². The van der Waals surface area contributed by atoms with E-state index in [0.717, 1.165) is 18.4 Å². The highest BCUT2D eigenvalue weighted by Crippen LogP contribution is 2.44. The fourth-order valence-corrected chi connectivity index (χ4v) is 2.73. The van der Waals surface area contributed by atoms with Gasteiger partial charge in [0.15, 0.2) is 0 Å². The fourth-order valence-electron chi connectivity index (χ4n) is 2.73. The maximum absolute atomic E-state index is 12.5. The number of pyridine rings is 1. The summed E-state index contributed by atoms with van der Waals surface area (Å²) in [6, 6.07) is 3.68. The molecule has 0 aliphatic heterocycles. The van der Waals surface area contributed by atoms with Crippen LogP contribution in [-0.2, 0) is 4.79 Å². The third-order valence-corrected chi connectivity index (χ3v) is 4.36. The summed E-state index contributed by atoms with van der Waals surface area (Å²) in [5.74, 6) is 0.955. The molecule has 2 fully saturated rings. The maximum Gasteiger partial charge on any atom is 0.270 e. The molecule has 6 nitrogen and oxygen atoms in total. The van der Waals surface area contributed by atoms with E-state index < -0.39 is 11.4 Å². The van der Waals surface area contributed by atoms with Gasteiger partial charge in [-0.05, 0) is 57.4 Å². The number of amides is 2. The van der Waals surface area contributed by atoms with Crippen LogP contribution in [0.1, 0.15) is 67.9 Å². The molecule has 0 bridgehead atoms. The Hall–Kier alpha value is -2.11. The number of aromatic nitrogens is 1. The number of ether oxygens (including phenoxy) is 1. The number of carbonyl (C=O) groups excluding carboxylic acids is 2. The average molecular weight is 331 g/mol. The summed E-state index contributed by atoms with van der Waals surface area (Å²) in [5, 5.41) is 2.81. The van der Waals surface area contributed by atoms with E-state index in [2.05, 4.69) is 10.3 Å². The summed E-state index contributed by atoms with van der Waals surface area (Å²) in [6.07, 6.45) is 4.79. The highest BCUT2D eigenvalue weighted by molar-refractivity contribution is 5.93. The molecule has 0 atom stereocenters. The molecule has 2 amide bonds. The van der Waals surface area contributed by atoms with Crippen molar-refractivity contribution in [3.63, 3.8) is 0 Å². The number of hydrogen-bond donors (Lipinski definition) is 2. The number of carbonyl (C=O) groups is 2. The Kier molecular flexibility index (Phi) is 4.47. The van der Waals surface area contributed by atoms with Crippen molar-refractivity contribution in [3.05, 3.63) is 23.4 Å². The molecule has 1 aromatic rings. The van der Waals surface area contributed by atoms with Crippen LogP contribution in [0.5, 0.6) is 5.88 Å². The van der Waals surface area contributed by atoms with Gasteiger partial charge < -0.3 is 15.8 Å². The minimum Gasteiger partial charge on any atom is -0.477 e. The summed E-state index contributed by atoms with van der Waals surface area (Å²) in [6.45, 7) is 4.20. The van der Waals surface area contributed by atoms with Crippen LogP contribution in [0.15, 0.2) is 12.1 Å². The summed E-state index contributed by atoms with van der Waals surface area (Å²) >= 11 is 0. The van der Waals surface area contributed by atoms with E-state index in [1.807, 2.05) is 6.07 Å².